The lowest BCUT2D eigenvalue weighted by Crippen LogP contribution is -2.00. The van der Waals surface area contributed by atoms with E-state index >= 15 is 0 Å². The van der Waals surface area contributed by atoms with Crippen molar-refractivity contribution >= 4 is 11.0 Å². The quantitative estimate of drug-likeness (QED) is 0.715. The zero-order chi connectivity index (χ0) is 11.0. The molecule has 0 aliphatic heterocycles. The number of hydrogen-bond acceptors (Lipinski definition) is 0. The molecule has 82 valence electrons. The zero-order valence-corrected chi connectivity index (χ0v) is 10.1. The van der Waals surface area contributed by atoms with Crippen LogP contribution in [-0.2, 0) is 0 Å². The van der Waals surface area contributed by atoms with E-state index in [0.29, 0.717) is 12.1 Å². The van der Waals surface area contributed by atoms with Crippen molar-refractivity contribution in [3.8, 4) is 0 Å². The molecule has 0 amide bonds. The monoisotopic (exact) mass is 204 g/mol. The molecule has 1 unspecified atom stereocenters. The molecule has 2 rings (SSSR count). The van der Waals surface area contributed by atoms with Crippen LogP contribution < -0.4 is 0 Å². The maximum Gasteiger partial charge on any atom is 0.0665 e. The lowest BCUT2D eigenvalue weighted by atomic mass is 10.2. The Kier molecular flexibility index (Phi) is 2.59. The second-order valence-electron chi connectivity index (χ2n) is 4.57. The van der Waals surface area contributed by atoms with E-state index in [1.165, 1.54) is 17.5 Å². The predicted molar refractivity (Wildman–Crippen MR) is 65.3 cm³/mol. The standard InChI is InChI=1S/C13H20N2/c1-5-11(4)15-9-7-12-13(15)6-8-14(12)10(2)3/h6-11H,5H2,1-4H3. The molecule has 2 nitrogen and oxygen atoms in total. The second-order valence-corrected chi connectivity index (χ2v) is 4.57. The minimum Gasteiger partial charge on any atom is -0.344 e. The third-order valence-electron chi connectivity index (χ3n) is 3.23. The number of hydrogen-bond donors (Lipinski definition) is 0. The van der Waals surface area contributed by atoms with E-state index in [9.17, 15) is 0 Å². The molecule has 0 bridgehead atoms. The first-order chi connectivity index (χ1) is 7.15. The van der Waals surface area contributed by atoms with Crippen molar-refractivity contribution < 1.29 is 0 Å². The smallest absolute Gasteiger partial charge is 0.0665 e. The summed E-state index contributed by atoms with van der Waals surface area (Å²) in [6.45, 7) is 8.95. The second kappa shape index (κ2) is 3.76. The van der Waals surface area contributed by atoms with Crippen molar-refractivity contribution in [1.82, 2.24) is 9.13 Å². The minimum absolute atomic E-state index is 0.537. The van der Waals surface area contributed by atoms with Crippen molar-refractivity contribution in [3.63, 3.8) is 0 Å². The van der Waals surface area contributed by atoms with Gasteiger partial charge in [0, 0.05) is 24.5 Å². The minimum atomic E-state index is 0.537. The van der Waals surface area contributed by atoms with Crippen LogP contribution in [0.15, 0.2) is 24.5 Å². The summed E-state index contributed by atoms with van der Waals surface area (Å²) in [5, 5.41) is 0. The average Bonchev–Trinajstić information content (AvgIpc) is 2.75. The summed E-state index contributed by atoms with van der Waals surface area (Å²) in [6.07, 6.45) is 5.57. The largest absolute Gasteiger partial charge is 0.344 e. The maximum absolute atomic E-state index is 2.37. The highest BCUT2D eigenvalue weighted by atomic mass is 15.1. The molecule has 0 N–H and O–H groups in total. The topological polar surface area (TPSA) is 9.86 Å². The van der Waals surface area contributed by atoms with Gasteiger partial charge in [-0.1, -0.05) is 6.92 Å². The molecule has 0 fully saturated rings. The highest BCUT2D eigenvalue weighted by Gasteiger charge is 2.10. The Morgan fingerprint density at radius 3 is 2.07 bits per heavy atom. The molecule has 15 heavy (non-hydrogen) atoms. The molecular weight excluding hydrogens is 184 g/mol. The van der Waals surface area contributed by atoms with Crippen LogP contribution in [0.2, 0.25) is 0 Å². The Balaban J connectivity index is 2.53. The van der Waals surface area contributed by atoms with E-state index in [1.807, 2.05) is 0 Å². The van der Waals surface area contributed by atoms with Crippen molar-refractivity contribution in [2.45, 2.75) is 46.2 Å². The summed E-state index contributed by atoms with van der Waals surface area (Å²) in [5.74, 6) is 0. The first-order valence-corrected chi connectivity index (χ1v) is 5.82. The average molecular weight is 204 g/mol. The van der Waals surface area contributed by atoms with Gasteiger partial charge in [0.15, 0.2) is 0 Å². The normalized spacial score (nSPS) is 13.9. The Morgan fingerprint density at radius 2 is 1.53 bits per heavy atom. The van der Waals surface area contributed by atoms with Crippen LogP contribution in [-0.4, -0.2) is 9.13 Å². The lowest BCUT2D eigenvalue weighted by Gasteiger charge is -2.11. The fourth-order valence-corrected chi connectivity index (χ4v) is 2.10. The molecule has 0 saturated carbocycles. The summed E-state index contributed by atoms with van der Waals surface area (Å²) >= 11 is 0. The first kappa shape index (κ1) is 10.3. The van der Waals surface area contributed by atoms with Gasteiger partial charge in [-0.25, -0.2) is 0 Å². The molecule has 2 aromatic heterocycles. The van der Waals surface area contributed by atoms with Crippen LogP contribution in [0.1, 0.15) is 46.2 Å². The Labute approximate surface area is 91.5 Å². The van der Waals surface area contributed by atoms with Crippen LogP contribution >= 0.6 is 0 Å². The molecule has 0 aliphatic carbocycles. The predicted octanol–water partition coefficient (Wildman–Crippen LogP) is 3.99. The molecule has 2 aromatic rings. The summed E-state index contributed by atoms with van der Waals surface area (Å²) in [6, 6.07) is 5.57. The van der Waals surface area contributed by atoms with Crippen LogP contribution in [0.25, 0.3) is 11.0 Å². The number of aromatic nitrogens is 2. The van der Waals surface area contributed by atoms with Gasteiger partial charge >= 0.3 is 0 Å². The van der Waals surface area contributed by atoms with Gasteiger partial charge < -0.3 is 9.13 Å². The molecule has 0 aliphatic rings. The van der Waals surface area contributed by atoms with E-state index in [1.54, 1.807) is 0 Å². The van der Waals surface area contributed by atoms with Gasteiger partial charge in [-0.15, -0.1) is 0 Å². The summed E-state index contributed by atoms with van der Waals surface area (Å²) in [5.41, 5.74) is 2.71. The van der Waals surface area contributed by atoms with Gasteiger partial charge in [0.25, 0.3) is 0 Å². The van der Waals surface area contributed by atoms with Crippen LogP contribution in [0, 0.1) is 0 Å². The van der Waals surface area contributed by atoms with E-state index in [2.05, 4.69) is 61.4 Å². The molecule has 0 saturated heterocycles. The van der Waals surface area contributed by atoms with Gasteiger partial charge in [-0.2, -0.15) is 0 Å². The number of fused-ring (bicyclic) bond motifs is 1. The van der Waals surface area contributed by atoms with Gasteiger partial charge in [0.1, 0.15) is 0 Å². The maximum atomic E-state index is 2.37. The van der Waals surface area contributed by atoms with Crippen molar-refractivity contribution in [1.29, 1.82) is 0 Å². The van der Waals surface area contributed by atoms with Gasteiger partial charge in [-0.05, 0) is 39.3 Å². The highest BCUT2D eigenvalue weighted by Crippen LogP contribution is 2.24. The van der Waals surface area contributed by atoms with Gasteiger partial charge in [0.2, 0.25) is 0 Å². The molecule has 0 spiro atoms. The lowest BCUT2D eigenvalue weighted by molar-refractivity contribution is 0.548. The Hall–Kier alpha value is -1.18. The number of rotatable bonds is 3. The van der Waals surface area contributed by atoms with E-state index in [0.717, 1.165) is 0 Å². The van der Waals surface area contributed by atoms with Gasteiger partial charge in [0.05, 0.1) is 11.0 Å². The molecule has 2 heterocycles. The van der Waals surface area contributed by atoms with Crippen LogP contribution in [0.4, 0.5) is 0 Å². The SMILES string of the molecule is CCC(C)n1ccc2c1ccn2C(C)C. The molecule has 0 aromatic carbocycles. The van der Waals surface area contributed by atoms with Crippen LogP contribution in [0.3, 0.4) is 0 Å². The molecule has 2 heteroatoms. The van der Waals surface area contributed by atoms with Crippen molar-refractivity contribution in [3.05, 3.63) is 24.5 Å². The Bertz CT molecular complexity index is 448. The fraction of sp³-hybridized carbons (Fsp3) is 0.538. The summed E-state index contributed by atoms with van der Waals surface area (Å²) in [4.78, 5) is 0. The Morgan fingerprint density at radius 1 is 1.00 bits per heavy atom. The zero-order valence-electron chi connectivity index (χ0n) is 10.1. The highest BCUT2D eigenvalue weighted by molar-refractivity contribution is 5.77. The molecule has 0 radical (unpaired) electrons. The van der Waals surface area contributed by atoms with E-state index < -0.39 is 0 Å². The number of nitrogens with zero attached hydrogens (tertiary/aromatic N) is 2. The fourth-order valence-electron chi connectivity index (χ4n) is 2.10. The third kappa shape index (κ3) is 1.58. The van der Waals surface area contributed by atoms with E-state index in [4.69, 9.17) is 0 Å². The first-order valence-electron chi connectivity index (χ1n) is 5.82. The van der Waals surface area contributed by atoms with Gasteiger partial charge in [-0.3, -0.25) is 0 Å². The molecular formula is C13H20N2. The van der Waals surface area contributed by atoms with Crippen molar-refractivity contribution in [2.75, 3.05) is 0 Å². The molecule has 1 atom stereocenters. The third-order valence-corrected chi connectivity index (χ3v) is 3.23. The van der Waals surface area contributed by atoms with E-state index in [-0.39, 0.29) is 0 Å². The summed E-state index contributed by atoms with van der Waals surface area (Å²) in [7, 11) is 0. The van der Waals surface area contributed by atoms with Crippen LogP contribution in [0.5, 0.6) is 0 Å². The van der Waals surface area contributed by atoms with Crippen molar-refractivity contribution in [2.24, 2.45) is 0 Å². The summed E-state index contributed by atoms with van der Waals surface area (Å²) < 4.78 is 4.70.